The van der Waals surface area contributed by atoms with Gasteiger partial charge in [-0.1, -0.05) is 6.92 Å². The number of carboxylic acid groups (broad SMARTS) is 1. The lowest BCUT2D eigenvalue weighted by Crippen LogP contribution is -2.30. The van der Waals surface area contributed by atoms with Gasteiger partial charge in [0.05, 0.1) is 0 Å². The third kappa shape index (κ3) is 2.27. The third-order valence-electron chi connectivity index (χ3n) is 2.59. The molecule has 88 valence electrons. The number of aromatic carboxylic acids is 1. The van der Waals surface area contributed by atoms with E-state index in [-0.39, 0.29) is 11.5 Å². The van der Waals surface area contributed by atoms with E-state index in [1.54, 1.807) is 6.92 Å². The maximum Gasteiger partial charge on any atom is 0.354 e. The van der Waals surface area contributed by atoms with Gasteiger partial charge in [0, 0.05) is 13.2 Å². The third-order valence-corrected chi connectivity index (χ3v) is 2.59. The predicted octanol–water partition coefficient (Wildman–Crippen LogP) is 0.740. The zero-order valence-corrected chi connectivity index (χ0v) is 9.40. The average molecular weight is 226 g/mol. The van der Waals surface area contributed by atoms with E-state index >= 15 is 0 Å². The van der Waals surface area contributed by atoms with Gasteiger partial charge < -0.3 is 14.8 Å². The maximum atomic E-state index is 11.3. The van der Waals surface area contributed by atoms with E-state index in [1.165, 1.54) is 7.11 Å². The lowest BCUT2D eigenvalue weighted by molar-refractivity contribution is -0.00938. The molecule has 0 saturated carbocycles. The molecule has 1 aromatic heterocycles. The van der Waals surface area contributed by atoms with Crippen molar-refractivity contribution in [2.75, 3.05) is 7.11 Å². The van der Waals surface area contributed by atoms with E-state index in [9.17, 15) is 9.59 Å². The summed E-state index contributed by atoms with van der Waals surface area (Å²) in [5, 5.41) is 8.79. The van der Waals surface area contributed by atoms with Crippen molar-refractivity contribution in [1.29, 1.82) is 0 Å². The van der Waals surface area contributed by atoms with E-state index in [2.05, 4.69) is 9.97 Å². The summed E-state index contributed by atoms with van der Waals surface area (Å²) >= 11 is 0. The van der Waals surface area contributed by atoms with Gasteiger partial charge in [0.25, 0.3) is 5.56 Å². The fourth-order valence-corrected chi connectivity index (χ4v) is 1.23. The number of aromatic amines is 1. The summed E-state index contributed by atoms with van der Waals surface area (Å²) < 4.78 is 5.24. The highest BCUT2D eigenvalue weighted by molar-refractivity contribution is 5.85. The summed E-state index contributed by atoms with van der Waals surface area (Å²) in [7, 11) is 1.48. The fourth-order valence-electron chi connectivity index (χ4n) is 1.23. The summed E-state index contributed by atoms with van der Waals surface area (Å²) in [6.07, 6.45) is 0.565. The molecule has 0 spiro atoms. The lowest BCUT2D eigenvalue weighted by atomic mass is 10.0. The van der Waals surface area contributed by atoms with Crippen LogP contribution in [0, 0.1) is 0 Å². The quantitative estimate of drug-likeness (QED) is 0.789. The first kappa shape index (κ1) is 12.4. The van der Waals surface area contributed by atoms with Crippen LogP contribution in [0.15, 0.2) is 10.9 Å². The largest absolute Gasteiger partial charge is 0.477 e. The Morgan fingerprint density at radius 3 is 2.75 bits per heavy atom. The van der Waals surface area contributed by atoms with Crippen LogP contribution < -0.4 is 5.56 Å². The number of nitrogens with one attached hydrogen (secondary N) is 1. The van der Waals surface area contributed by atoms with Gasteiger partial charge in [-0.05, 0) is 13.3 Å². The van der Waals surface area contributed by atoms with Gasteiger partial charge in [0.1, 0.15) is 11.4 Å². The first-order chi connectivity index (χ1) is 7.42. The number of aromatic nitrogens is 2. The minimum Gasteiger partial charge on any atom is -0.477 e. The number of carbonyl (C=O) groups is 1. The van der Waals surface area contributed by atoms with E-state index in [0.717, 1.165) is 6.07 Å². The summed E-state index contributed by atoms with van der Waals surface area (Å²) in [5.41, 5.74) is -1.57. The second-order valence-corrected chi connectivity index (χ2v) is 3.57. The second kappa shape index (κ2) is 4.44. The Kier molecular flexibility index (Phi) is 3.44. The molecular formula is C10H14N2O4. The highest BCUT2D eigenvalue weighted by Crippen LogP contribution is 2.24. The smallest absolute Gasteiger partial charge is 0.354 e. The minimum atomic E-state index is -1.23. The predicted molar refractivity (Wildman–Crippen MR) is 56.5 cm³/mol. The molecular weight excluding hydrogens is 212 g/mol. The van der Waals surface area contributed by atoms with Crippen LogP contribution in [0.25, 0.3) is 0 Å². The number of rotatable bonds is 4. The first-order valence-electron chi connectivity index (χ1n) is 4.83. The lowest BCUT2D eigenvalue weighted by Gasteiger charge is -2.25. The molecule has 0 amide bonds. The molecule has 2 N–H and O–H groups in total. The van der Waals surface area contributed by atoms with E-state index < -0.39 is 17.1 Å². The molecule has 0 radical (unpaired) electrons. The Hall–Kier alpha value is -1.69. The van der Waals surface area contributed by atoms with Crippen LogP contribution in [-0.2, 0) is 10.3 Å². The molecule has 1 unspecified atom stereocenters. The van der Waals surface area contributed by atoms with Crippen molar-refractivity contribution >= 4 is 5.97 Å². The van der Waals surface area contributed by atoms with Crippen molar-refractivity contribution in [2.45, 2.75) is 25.9 Å². The Bertz CT molecular complexity index is 448. The molecule has 0 aliphatic heterocycles. The fraction of sp³-hybridized carbons (Fsp3) is 0.500. The van der Waals surface area contributed by atoms with Gasteiger partial charge in [-0.3, -0.25) is 4.79 Å². The zero-order chi connectivity index (χ0) is 12.3. The van der Waals surface area contributed by atoms with Crippen LogP contribution in [0.4, 0.5) is 0 Å². The molecule has 0 bridgehead atoms. The van der Waals surface area contributed by atoms with Crippen LogP contribution >= 0.6 is 0 Å². The second-order valence-electron chi connectivity index (χ2n) is 3.57. The maximum absolute atomic E-state index is 11.3. The van der Waals surface area contributed by atoms with Gasteiger partial charge in [-0.2, -0.15) is 0 Å². The Morgan fingerprint density at radius 1 is 1.69 bits per heavy atom. The van der Waals surface area contributed by atoms with Crippen LogP contribution in [-0.4, -0.2) is 28.2 Å². The van der Waals surface area contributed by atoms with E-state index in [1.807, 2.05) is 6.92 Å². The molecule has 0 aliphatic carbocycles. The van der Waals surface area contributed by atoms with Gasteiger partial charge in [-0.25, -0.2) is 9.78 Å². The number of methoxy groups -OCH3 is 1. The Labute approximate surface area is 92.3 Å². The number of carboxylic acids is 1. The molecule has 1 atom stereocenters. The normalized spacial score (nSPS) is 14.4. The topological polar surface area (TPSA) is 92.3 Å². The summed E-state index contributed by atoms with van der Waals surface area (Å²) in [6.45, 7) is 3.59. The van der Waals surface area contributed by atoms with Crippen molar-refractivity contribution in [3.63, 3.8) is 0 Å². The standard InChI is InChI=1S/C10H14N2O4/c1-4-10(2,16-3)9-11-6(8(14)15)5-7(13)12-9/h5H,4H2,1-3H3,(H,14,15)(H,11,12,13). The molecule has 0 fully saturated rings. The first-order valence-corrected chi connectivity index (χ1v) is 4.83. The molecule has 6 heteroatoms. The number of hydrogen-bond donors (Lipinski definition) is 2. The molecule has 1 heterocycles. The average Bonchev–Trinajstić information content (AvgIpc) is 2.27. The molecule has 1 rings (SSSR count). The molecule has 0 aromatic carbocycles. The number of nitrogens with zero attached hydrogens (tertiary/aromatic N) is 1. The molecule has 1 aromatic rings. The van der Waals surface area contributed by atoms with Crippen LogP contribution in [0.1, 0.15) is 36.6 Å². The van der Waals surface area contributed by atoms with E-state index in [4.69, 9.17) is 9.84 Å². The van der Waals surface area contributed by atoms with Crippen molar-refractivity contribution in [3.05, 3.63) is 27.9 Å². The van der Waals surface area contributed by atoms with Gasteiger partial charge >= 0.3 is 5.97 Å². The van der Waals surface area contributed by atoms with E-state index in [0.29, 0.717) is 6.42 Å². The van der Waals surface area contributed by atoms with Crippen LogP contribution in [0.3, 0.4) is 0 Å². The summed E-state index contributed by atoms with van der Waals surface area (Å²) in [6, 6.07) is 0.942. The molecule has 6 nitrogen and oxygen atoms in total. The van der Waals surface area contributed by atoms with Crippen LogP contribution in [0.2, 0.25) is 0 Å². The van der Waals surface area contributed by atoms with Gasteiger partial charge in [0.2, 0.25) is 0 Å². The summed E-state index contributed by atoms with van der Waals surface area (Å²) in [4.78, 5) is 28.4. The van der Waals surface area contributed by atoms with Gasteiger partial charge in [-0.15, -0.1) is 0 Å². The number of ether oxygens (including phenoxy) is 1. The van der Waals surface area contributed by atoms with Crippen molar-refractivity contribution < 1.29 is 14.6 Å². The van der Waals surface area contributed by atoms with Crippen molar-refractivity contribution in [3.8, 4) is 0 Å². The van der Waals surface area contributed by atoms with Gasteiger partial charge in [0.15, 0.2) is 5.69 Å². The minimum absolute atomic E-state index is 0.224. The summed E-state index contributed by atoms with van der Waals surface area (Å²) in [5.74, 6) is -1.01. The highest BCUT2D eigenvalue weighted by atomic mass is 16.5. The Balaban J connectivity index is 3.34. The monoisotopic (exact) mass is 226 g/mol. The van der Waals surface area contributed by atoms with Crippen molar-refractivity contribution in [2.24, 2.45) is 0 Å². The number of H-pyrrole nitrogens is 1. The molecule has 0 saturated heterocycles. The van der Waals surface area contributed by atoms with Crippen LogP contribution in [0.5, 0.6) is 0 Å². The molecule has 16 heavy (non-hydrogen) atoms. The van der Waals surface area contributed by atoms with Crippen molar-refractivity contribution in [1.82, 2.24) is 9.97 Å². The zero-order valence-electron chi connectivity index (χ0n) is 9.40. The Morgan fingerprint density at radius 2 is 2.31 bits per heavy atom. The SMILES string of the molecule is CCC(C)(OC)c1nc(C(=O)O)cc(=O)[nH]1. The number of hydrogen-bond acceptors (Lipinski definition) is 4. The highest BCUT2D eigenvalue weighted by Gasteiger charge is 2.27. The molecule has 0 aliphatic rings.